The molecule has 9 heteroatoms. The molecule has 2 rings (SSSR count). The maximum absolute atomic E-state index is 12.7. The van der Waals surface area contributed by atoms with Gasteiger partial charge in [0.1, 0.15) is 0 Å². The first kappa shape index (κ1) is 15.4. The van der Waals surface area contributed by atoms with E-state index in [-0.39, 0.29) is 11.3 Å². The molecular formula is C13H9F3N4O2. The second kappa shape index (κ2) is 6.20. The number of nitrogens with one attached hydrogen (secondary N) is 2. The standard InChI is InChI=1S/C13H9F3N4O2/c14-13(15,16)9-4-2-1-3-8(9)7-17-20-12(22)10-5-6-11(21)19-18-10/h1-7H,(H,19,21)(H,20,22)/b17-7+. The van der Waals surface area contributed by atoms with Gasteiger partial charge in [-0.15, -0.1) is 0 Å². The fourth-order valence-electron chi connectivity index (χ4n) is 1.56. The third kappa shape index (κ3) is 3.78. The Morgan fingerprint density at radius 1 is 1.23 bits per heavy atom. The monoisotopic (exact) mass is 310 g/mol. The lowest BCUT2D eigenvalue weighted by Crippen LogP contribution is -2.21. The smallest absolute Gasteiger partial charge is 0.268 e. The summed E-state index contributed by atoms with van der Waals surface area (Å²) in [5.74, 6) is -0.767. The van der Waals surface area contributed by atoms with E-state index in [0.29, 0.717) is 0 Å². The Bertz CT molecular complexity index is 748. The van der Waals surface area contributed by atoms with Crippen molar-refractivity contribution in [3.63, 3.8) is 0 Å². The lowest BCUT2D eigenvalue weighted by atomic mass is 10.1. The second-order valence-corrected chi connectivity index (χ2v) is 4.09. The van der Waals surface area contributed by atoms with Crippen LogP contribution in [0.25, 0.3) is 0 Å². The van der Waals surface area contributed by atoms with Crippen molar-refractivity contribution in [3.8, 4) is 0 Å². The summed E-state index contributed by atoms with van der Waals surface area (Å²) in [6.45, 7) is 0. The van der Waals surface area contributed by atoms with Gasteiger partial charge in [0, 0.05) is 11.6 Å². The molecule has 0 aliphatic carbocycles. The molecule has 0 saturated carbocycles. The maximum Gasteiger partial charge on any atom is 0.417 e. The van der Waals surface area contributed by atoms with Gasteiger partial charge in [-0.05, 0) is 12.1 Å². The van der Waals surface area contributed by atoms with E-state index in [1.54, 1.807) is 0 Å². The van der Waals surface area contributed by atoms with Crippen molar-refractivity contribution in [2.75, 3.05) is 0 Å². The zero-order chi connectivity index (χ0) is 16.2. The van der Waals surface area contributed by atoms with Crippen molar-refractivity contribution < 1.29 is 18.0 Å². The van der Waals surface area contributed by atoms with Crippen LogP contribution >= 0.6 is 0 Å². The molecule has 0 aliphatic rings. The molecule has 0 unspecified atom stereocenters. The van der Waals surface area contributed by atoms with E-state index in [1.165, 1.54) is 18.2 Å². The van der Waals surface area contributed by atoms with E-state index in [1.807, 2.05) is 5.43 Å². The molecule has 0 bridgehead atoms. The Labute approximate surface area is 121 Å². The molecule has 1 aromatic carbocycles. The van der Waals surface area contributed by atoms with Gasteiger partial charge in [0.15, 0.2) is 5.69 Å². The van der Waals surface area contributed by atoms with Gasteiger partial charge < -0.3 is 0 Å². The number of rotatable bonds is 3. The van der Waals surface area contributed by atoms with Crippen LogP contribution in [0, 0.1) is 0 Å². The molecule has 2 aromatic rings. The molecule has 0 atom stereocenters. The summed E-state index contributed by atoms with van der Waals surface area (Å²) in [4.78, 5) is 22.4. The largest absolute Gasteiger partial charge is 0.417 e. The number of carbonyl (C=O) groups is 1. The minimum Gasteiger partial charge on any atom is -0.268 e. The molecule has 114 valence electrons. The van der Waals surface area contributed by atoms with Crippen LogP contribution in [-0.4, -0.2) is 22.3 Å². The summed E-state index contributed by atoms with van der Waals surface area (Å²) in [6.07, 6.45) is -3.64. The van der Waals surface area contributed by atoms with Crippen molar-refractivity contribution in [3.05, 3.63) is 63.6 Å². The van der Waals surface area contributed by atoms with Crippen LogP contribution in [-0.2, 0) is 6.18 Å². The fraction of sp³-hybridized carbons (Fsp3) is 0.0769. The van der Waals surface area contributed by atoms with Crippen LogP contribution in [0.4, 0.5) is 13.2 Å². The van der Waals surface area contributed by atoms with E-state index in [4.69, 9.17) is 0 Å². The number of hydrogen-bond donors (Lipinski definition) is 2. The highest BCUT2D eigenvalue weighted by molar-refractivity contribution is 5.93. The van der Waals surface area contributed by atoms with Crippen molar-refractivity contribution >= 4 is 12.1 Å². The van der Waals surface area contributed by atoms with Gasteiger partial charge in [-0.1, -0.05) is 18.2 Å². The second-order valence-electron chi connectivity index (χ2n) is 4.09. The van der Waals surface area contributed by atoms with Crippen LogP contribution in [0.1, 0.15) is 21.6 Å². The van der Waals surface area contributed by atoms with Crippen LogP contribution in [0.5, 0.6) is 0 Å². The average molecular weight is 310 g/mol. The summed E-state index contributed by atoms with van der Waals surface area (Å²) in [5, 5.41) is 8.97. The summed E-state index contributed by atoms with van der Waals surface area (Å²) in [6, 6.07) is 7.05. The molecule has 0 saturated heterocycles. The number of hydrogen-bond acceptors (Lipinski definition) is 4. The van der Waals surface area contributed by atoms with Crippen molar-refractivity contribution in [2.24, 2.45) is 5.10 Å². The Morgan fingerprint density at radius 2 is 1.95 bits per heavy atom. The number of alkyl halides is 3. The summed E-state index contributed by atoms with van der Waals surface area (Å²) < 4.78 is 38.2. The molecule has 22 heavy (non-hydrogen) atoms. The summed E-state index contributed by atoms with van der Waals surface area (Å²) >= 11 is 0. The minimum absolute atomic E-state index is 0.124. The molecule has 1 aromatic heterocycles. The molecule has 0 aliphatic heterocycles. The molecule has 1 heterocycles. The number of nitrogens with zero attached hydrogens (tertiary/aromatic N) is 2. The SMILES string of the molecule is O=C(N/N=C/c1ccccc1C(F)(F)F)c1ccc(=O)[nH]n1. The zero-order valence-corrected chi connectivity index (χ0v) is 10.9. The average Bonchev–Trinajstić information content (AvgIpc) is 2.47. The topological polar surface area (TPSA) is 87.2 Å². The van der Waals surface area contributed by atoms with Crippen LogP contribution in [0.3, 0.4) is 0 Å². The number of halogens is 3. The molecular weight excluding hydrogens is 301 g/mol. The molecule has 0 fully saturated rings. The van der Waals surface area contributed by atoms with Crippen molar-refractivity contribution in [1.29, 1.82) is 0 Å². The highest BCUT2D eigenvalue weighted by Gasteiger charge is 2.32. The van der Waals surface area contributed by atoms with Gasteiger partial charge in [0.05, 0.1) is 11.8 Å². The number of amides is 1. The number of hydrazone groups is 1. The molecule has 2 N–H and O–H groups in total. The third-order valence-electron chi connectivity index (χ3n) is 2.55. The summed E-state index contributed by atoms with van der Waals surface area (Å²) in [5.41, 5.74) is 0.357. The predicted molar refractivity (Wildman–Crippen MR) is 71.4 cm³/mol. The van der Waals surface area contributed by atoms with Gasteiger partial charge >= 0.3 is 6.18 Å². The number of aromatic nitrogens is 2. The van der Waals surface area contributed by atoms with Crippen molar-refractivity contribution in [1.82, 2.24) is 15.6 Å². The number of benzene rings is 1. The molecule has 0 spiro atoms. The Hall–Kier alpha value is -2.97. The Morgan fingerprint density at radius 3 is 2.59 bits per heavy atom. The van der Waals surface area contributed by atoms with Crippen LogP contribution in [0.15, 0.2) is 46.3 Å². The first-order valence-corrected chi connectivity index (χ1v) is 5.93. The van der Waals surface area contributed by atoms with Crippen LogP contribution < -0.4 is 11.0 Å². The van der Waals surface area contributed by atoms with Crippen LogP contribution in [0.2, 0.25) is 0 Å². The van der Waals surface area contributed by atoms with E-state index >= 15 is 0 Å². The summed E-state index contributed by atoms with van der Waals surface area (Å²) in [7, 11) is 0. The number of carbonyl (C=O) groups excluding carboxylic acids is 1. The molecule has 1 amide bonds. The Balaban J connectivity index is 2.12. The van der Waals surface area contributed by atoms with E-state index in [2.05, 4.69) is 15.3 Å². The molecule has 0 radical (unpaired) electrons. The van der Waals surface area contributed by atoms with Gasteiger partial charge in [-0.3, -0.25) is 9.59 Å². The number of H-pyrrole nitrogens is 1. The first-order valence-electron chi connectivity index (χ1n) is 5.93. The minimum atomic E-state index is -4.52. The lowest BCUT2D eigenvalue weighted by molar-refractivity contribution is -0.137. The normalized spacial score (nSPS) is 11.6. The predicted octanol–water partition coefficient (Wildman–Crippen LogP) is 1.55. The van der Waals surface area contributed by atoms with E-state index in [9.17, 15) is 22.8 Å². The van der Waals surface area contributed by atoms with E-state index in [0.717, 1.165) is 24.4 Å². The Kier molecular flexibility index (Phi) is 4.35. The van der Waals surface area contributed by atoms with Gasteiger partial charge in [-0.25, -0.2) is 10.5 Å². The van der Waals surface area contributed by atoms with Crippen molar-refractivity contribution in [2.45, 2.75) is 6.18 Å². The van der Waals surface area contributed by atoms with Gasteiger partial charge in [0.2, 0.25) is 0 Å². The van der Waals surface area contributed by atoms with E-state index < -0.39 is 23.2 Å². The van der Waals surface area contributed by atoms with Gasteiger partial charge in [0.25, 0.3) is 11.5 Å². The number of aromatic amines is 1. The fourth-order valence-corrected chi connectivity index (χ4v) is 1.56. The first-order chi connectivity index (χ1) is 10.4. The lowest BCUT2D eigenvalue weighted by Gasteiger charge is -2.09. The van der Waals surface area contributed by atoms with Gasteiger partial charge in [-0.2, -0.15) is 23.4 Å². The third-order valence-corrected chi connectivity index (χ3v) is 2.55. The highest BCUT2D eigenvalue weighted by Crippen LogP contribution is 2.30. The molecule has 6 nitrogen and oxygen atoms in total. The zero-order valence-electron chi connectivity index (χ0n) is 10.9. The highest BCUT2D eigenvalue weighted by atomic mass is 19.4. The maximum atomic E-state index is 12.7. The quantitative estimate of drug-likeness (QED) is 0.666.